The summed E-state index contributed by atoms with van der Waals surface area (Å²) in [7, 11) is 0. The van der Waals surface area contributed by atoms with E-state index in [0.29, 0.717) is 0 Å². The first-order valence-corrected chi connectivity index (χ1v) is 24.8. The van der Waals surface area contributed by atoms with Crippen molar-refractivity contribution in [3.63, 3.8) is 0 Å². The van der Waals surface area contributed by atoms with Crippen LogP contribution in [0.1, 0.15) is 22.3 Å². The van der Waals surface area contributed by atoms with Crippen molar-refractivity contribution in [3.05, 3.63) is 222 Å². The predicted molar refractivity (Wildman–Crippen MR) is 232 cm³/mol. The number of rotatable bonds is 6. The zero-order valence-corrected chi connectivity index (χ0v) is 36.8. The summed E-state index contributed by atoms with van der Waals surface area (Å²) in [6.45, 7) is 0. The molecule has 6 aromatic carbocycles. The summed E-state index contributed by atoms with van der Waals surface area (Å²) >= 11 is 11.1. The fourth-order valence-corrected chi connectivity index (χ4v) is 17.7. The molecular formula is C44H30As2Br4. The Balaban J connectivity index is 0.000000157. The van der Waals surface area contributed by atoms with E-state index in [-0.39, 0.29) is 0 Å². The van der Waals surface area contributed by atoms with E-state index in [1.807, 2.05) is 0 Å². The van der Waals surface area contributed by atoms with Gasteiger partial charge in [-0.1, -0.05) is 0 Å². The van der Waals surface area contributed by atoms with Crippen LogP contribution in [-0.2, 0) is 0 Å². The third-order valence-corrected chi connectivity index (χ3v) is 21.3. The van der Waals surface area contributed by atoms with Gasteiger partial charge in [-0.2, -0.15) is 0 Å². The first kappa shape index (κ1) is 35.7. The van der Waals surface area contributed by atoms with Crippen LogP contribution < -0.4 is 8.70 Å². The van der Waals surface area contributed by atoms with Crippen molar-refractivity contribution in [2.45, 2.75) is 0 Å². The maximum atomic E-state index is 3.54. The van der Waals surface area contributed by atoms with Crippen LogP contribution in [0.5, 0.6) is 0 Å². The van der Waals surface area contributed by atoms with Crippen molar-refractivity contribution < 1.29 is 0 Å². The number of halogens is 4. The average Bonchev–Trinajstić information content (AvgIpc) is 3.80. The van der Waals surface area contributed by atoms with Crippen LogP contribution >= 0.6 is 63.7 Å². The van der Waals surface area contributed by atoms with Crippen molar-refractivity contribution in [1.82, 2.24) is 0 Å². The molecule has 6 heteroatoms. The Morgan fingerprint density at radius 2 is 0.480 bits per heavy atom. The molecule has 0 aromatic heterocycles. The fraction of sp³-hybridized carbons (Fsp3) is 0. The van der Waals surface area contributed by atoms with E-state index in [0.717, 1.165) is 17.9 Å². The summed E-state index contributed by atoms with van der Waals surface area (Å²) in [6.07, 6.45) is 9.31. The van der Waals surface area contributed by atoms with Crippen LogP contribution in [0.3, 0.4) is 0 Å². The topological polar surface area (TPSA) is 0 Å². The standard InChI is InChI=1S/2C22H15AsBr2/c2*24-19-10-6-16(7-11-19)21-14-15-22(17-8-12-20(25)13-9-17)23(21)18-4-2-1-3-5-18/h2*1-15H. The summed E-state index contributed by atoms with van der Waals surface area (Å²) in [6, 6.07) is 56.8. The molecule has 2 aliphatic rings. The van der Waals surface area contributed by atoms with E-state index in [1.54, 1.807) is 0 Å². The molecule has 0 aliphatic carbocycles. The number of allylic oxidation sites excluding steroid dienone is 4. The fourth-order valence-electron chi connectivity index (χ4n) is 5.97. The molecule has 0 unspecified atom stereocenters. The van der Waals surface area contributed by atoms with Crippen LogP contribution in [0.2, 0.25) is 0 Å². The van der Waals surface area contributed by atoms with Gasteiger partial charge in [-0.05, 0) is 0 Å². The molecule has 0 fully saturated rings. The Morgan fingerprint density at radius 1 is 0.260 bits per heavy atom. The zero-order chi connectivity index (χ0) is 34.5. The van der Waals surface area contributed by atoms with Gasteiger partial charge in [-0.15, -0.1) is 0 Å². The third kappa shape index (κ3) is 8.34. The van der Waals surface area contributed by atoms with Crippen molar-refractivity contribution in [2.75, 3.05) is 0 Å². The summed E-state index contributed by atoms with van der Waals surface area (Å²) in [5.74, 6) is 0. The molecule has 0 nitrogen and oxygen atoms in total. The summed E-state index contributed by atoms with van der Waals surface area (Å²) in [4.78, 5) is 0. The second kappa shape index (κ2) is 16.8. The molecule has 0 spiro atoms. The molecule has 2 heterocycles. The minimum absolute atomic E-state index is 1.12. The maximum absolute atomic E-state index is 3.54. The molecule has 0 radical (unpaired) electrons. The monoisotopic (exact) mass is 1020 g/mol. The summed E-state index contributed by atoms with van der Waals surface area (Å²) < 4.78 is 13.4. The van der Waals surface area contributed by atoms with Gasteiger partial charge < -0.3 is 0 Å². The molecule has 0 saturated heterocycles. The van der Waals surface area contributed by atoms with Gasteiger partial charge in [0.2, 0.25) is 0 Å². The van der Waals surface area contributed by atoms with E-state index >= 15 is 0 Å². The molecular weight excluding hydrogens is 998 g/mol. The molecule has 6 aromatic rings. The van der Waals surface area contributed by atoms with Crippen LogP contribution in [-0.4, -0.2) is 29.3 Å². The Hall–Kier alpha value is -2.68. The van der Waals surface area contributed by atoms with Crippen molar-refractivity contribution in [3.8, 4) is 0 Å². The summed E-state index contributed by atoms with van der Waals surface area (Å²) in [5.41, 5.74) is 5.32. The predicted octanol–water partition coefficient (Wildman–Crippen LogP) is 12.3. The molecule has 8 rings (SSSR count). The Bertz CT molecular complexity index is 1920. The van der Waals surface area contributed by atoms with E-state index in [4.69, 9.17) is 0 Å². The molecule has 2 aliphatic heterocycles. The first-order valence-electron chi connectivity index (χ1n) is 16.0. The van der Waals surface area contributed by atoms with Crippen molar-refractivity contribution >= 4 is 119 Å². The van der Waals surface area contributed by atoms with E-state index in [9.17, 15) is 0 Å². The van der Waals surface area contributed by atoms with E-state index < -0.39 is 29.3 Å². The Morgan fingerprint density at radius 3 is 0.700 bits per heavy atom. The zero-order valence-electron chi connectivity index (χ0n) is 26.7. The van der Waals surface area contributed by atoms with E-state index in [2.05, 4.69) is 246 Å². The molecule has 0 bridgehead atoms. The van der Waals surface area contributed by atoms with Gasteiger partial charge in [0.05, 0.1) is 0 Å². The molecule has 0 atom stereocenters. The van der Waals surface area contributed by atoms with Crippen molar-refractivity contribution in [2.24, 2.45) is 0 Å². The first-order chi connectivity index (χ1) is 24.4. The van der Waals surface area contributed by atoms with Crippen LogP contribution in [0.4, 0.5) is 0 Å². The number of hydrogen-bond acceptors (Lipinski definition) is 0. The molecule has 244 valence electrons. The van der Waals surface area contributed by atoms with Gasteiger partial charge in [-0.25, -0.2) is 0 Å². The minimum atomic E-state index is -1.55. The van der Waals surface area contributed by atoms with Gasteiger partial charge in [-0.3, -0.25) is 0 Å². The molecule has 50 heavy (non-hydrogen) atoms. The van der Waals surface area contributed by atoms with Crippen LogP contribution in [0.25, 0.3) is 17.4 Å². The van der Waals surface area contributed by atoms with Gasteiger partial charge in [0, 0.05) is 0 Å². The van der Waals surface area contributed by atoms with Crippen LogP contribution in [0.15, 0.2) is 200 Å². The second-order valence-electron chi connectivity index (χ2n) is 11.6. The Kier molecular flexibility index (Phi) is 12.0. The second-order valence-corrected chi connectivity index (χ2v) is 24.3. The number of hydrogen-bond donors (Lipinski definition) is 0. The molecule has 0 saturated carbocycles. The van der Waals surface area contributed by atoms with Crippen LogP contribution in [0, 0.1) is 0 Å². The number of benzene rings is 6. The quantitative estimate of drug-likeness (QED) is 0.146. The third-order valence-electron chi connectivity index (χ3n) is 8.35. The SMILES string of the molecule is Brc1ccc(C2=CC=C(c3ccc(Br)cc3)[As]2c2ccccc2)cc1.Brc1ccc(C2=CC=C(c3ccc(Br)cc3)[As]2c2ccccc2)cc1. The Labute approximate surface area is 337 Å². The van der Waals surface area contributed by atoms with Gasteiger partial charge in [0.1, 0.15) is 0 Å². The van der Waals surface area contributed by atoms with Gasteiger partial charge in [0.25, 0.3) is 0 Å². The van der Waals surface area contributed by atoms with E-state index in [1.165, 1.54) is 48.4 Å². The average molecular weight is 1030 g/mol. The van der Waals surface area contributed by atoms with Gasteiger partial charge in [0.15, 0.2) is 0 Å². The molecule has 0 N–H and O–H groups in total. The van der Waals surface area contributed by atoms with Gasteiger partial charge >= 0.3 is 341 Å². The molecule has 0 amide bonds. The van der Waals surface area contributed by atoms with Crippen molar-refractivity contribution in [1.29, 1.82) is 0 Å². The normalized spacial score (nSPS) is 14.3. The summed E-state index contributed by atoms with van der Waals surface area (Å²) in [5, 5.41) is 0.